The molecule has 0 saturated carbocycles. The number of fused-ring (bicyclic) bond motifs is 7. The van der Waals surface area contributed by atoms with Crippen molar-refractivity contribution in [3.05, 3.63) is 101 Å². The third-order valence-corrected chi connectivity index (χ3v) is 6.50. The Morgan fingerprint density at radius 3 is 2.50 bits per heavy atom. The number of nitrogens with zero attached hydrogens (tertiary/aromatic N) is 1. The highest BCUT2D eigenvalue weighted by Crippen LogP contribution is 2.44. The first-order valence-electron chi connectivity index (χ1n) is 10.0. The first-order valence-corrected chi connectivity index (χ1v) is 10.0. The van der Waals surface area contributed by atoms with Crippen LogP contribution in [0.5, 0.6) is 0 Å². The van der Waals surface area contributed by atoms with E-state index in [9.17, 15) is 0 Å². The minimum absolute atomic E-state index is 0.993. The summed E-state index contributed by atoms with van der Waals surface area (Å²) >= 11 is 0. The van der Waals surface area contributed by atoms with Gasteiger partial charge in [-0.15, -0.1) is 0 Å². The summed E-state index contributed by atoms with van der Waals surface area (Å²) in [6, 6.07) is 25.1. The van der Waals surface area contributed by atoms with Crippen LogP contribution in [0.15, 0.2) is 72.9 Å². The Bertz CT molecular complexity index is 1280. The molecule has 134 valence electrons. The molecule has 2 aliphatic carbocycles. The molecule has 1 aromatic heterocycles. The molecular formula is C27H22N+. The number of aromatic nitrogens is 1. The van der Waals surface area contributed by atoms with E-state index in [1.807, 2.05) is 0 Å². The highest BCUT2D eigenvalue weighted by Gasteiger charge is 2.28. The van der Waals surface area contributed by atoms with Crippen LogP contribution in [0.3, 0.4) is 0 Å². The van der Waals surface area contributed by atoms with Crippen LogP contribution in [-0.4, -0.2) is 0 Å². The zero-order valence-corrected chi connectivity index (χ0v) is 16.3. The number of aryl methyl sites for hydroxylation is 2. The van der Waals surface area contributed by atoms with E-state index < -0.39 is 0 Å². The molecule has 6 rings (SSSR count). The number of hydrogen-bond donors (Lipinski definition) is 0. The van der Waals surface area contributed by atoms with Gasteiger partial charge < -0.3 is 0 Å². The van der Waals surface area contributed by atoms with Crippen LogP contribution in [-0.2, 0) is 19.9 Å². The molecule has 3 aromatic carbocycles. The minimum atomic E-state index is 0.993. The fraction of sp³-hybridized carbons (Fsp3) is 0.148. The van der Waals surface area contributed by atoms with Gasteiger partial charge in [-0.2, -0.15) is 0 Å². The largest absolute Gasteiger partial charge is 0.213 e. The summed E-state index contributed by atoms with van der Waals surface area (Å²) in [5, 5.41) is 0. The number of hydrogen-bond acceptors (Lipinski definition) is 0. The average Bonchev–Trinajstić information content (AvgIpc) is 3.08. The number of rotatable bonds is 0. The molecule has 0 N–H and O–H groups in total. The molecule has 6 bridgehead atoms. The Kier molecular flexibility index (Phi) is 3.20. The lowest BCUT2D eigenvalue weighted by Gasteiger charge is -2.13. The first-order chi connectivity index (χ1) is 13.7. The van der Waals surface area contributed by atoms with E-state index in [4.69, 9.17) is 0 Å². The molecule has 0 fully saturated rings. The second kappa shape index (κ2) is 5.65. The van der Waals surface area contributed by atoms with Gasteiger partial charge in [0, 0.05) is 12.1 Å². The summed E-state index contributed by atoms with van der Waals surface area (Å²) in [6.07, 6.45) is 4.23. The lowest BCUT2D eigenvalue weighted by Crippen LogP contribution is -2.31. The van der Waals surface area contributed by atoms with Crippen molar-refractivity contribution in [2.75, 3.05) is 0 Å². The average molecular weight is 360 g/mol. The molecule has 0 aliphatic heterocycles. The fourth-order valence-electron chi connectivity index (χ4n) is 5.07. The van der Waals surface area contributed by atoms with E-state index in [1.54, 1.807) is 0 Å². The predicted octanol–water partition coefficient (Wildman–Crippen LogP) is 5.63. The van der Waals surface area contributed by atoms with Crippen molar-refractivity contribution in [2.24, 2.45) is 7.05 Å². The number of pyridine rings is 1. The SMILES string of the molecule is Cc1ccc2c3c1-c1cc(cc[n+]1C)-c1cccc(c1)Cc1cccc-2c1C3. The smallest absolute Gasteiger partial charge is 0.201 e. The summed E-state index contributed by atoms with van der Waals surface area (Å²) in [6.45, 7) is 2.25. The molecule has 0 atom stereocenters. The zero-order valence-electron chi connectivity index (χ0n) is 16.3. The van der Waals surface area contributed by atoms with Gasteiger partial charge in [0.1, 0.15) is 7.05 Å². The van der Waals surface area contributed by atoms with E-state index in [2.05, 4.69) is 91.5 Å². The standard InChI is InChI=1S/C27H22N/c1-17-9-10-23-22-8-4-7-21-14-18-5-3-6-19(13-18)20-11-12-28(2)26(15-20)27(17)25(23)16-24(21)22/h3-13,15H,14,16H2,1-2H3/q+1. The van der Waals surface area contributed by atoms with Crippen LogP contribution in [0.4, 0.5) is 0 Å². The molecule has 1 heterocycles. The van der Waals surface area contributed by atoms with E-state index in [-0.39, 0.29) is 0 Å². The van der Waals surface area contributed by atoms with Gasteiger partial charge in [0.25, 0.3) is 0 Å². The summed E-state index contributed by atoms with van der Waals surface area (Å²) in [4.78, 5) is 0. The van der Waals surface area contributed by atoms with E-state index >= 15 is 0 Å². The van der Waals surface area contributed by atoms with Crippen molar-refractivity contribution in [2.45, 2.75) is 19.8 Å². The molecule has 1 heteroatoms. The number of benzene rings is 3. The second-order valence-corrected chi connectivity index (χ2v) is 8.19. The van der Waals surface area contributed by atoms with Gasteiger partial charge in [-0.1, -0.05) is 54.6 Å². The van der Waals surface area contributed by atoms with Gasteiger partial charge in [0.15, 0.2) is 6.20 Å². The monoisotopic (exact) mass is 360 g/mol. The minimum Gasteiger partial charge on any atom is -0.201 e. The van der Waals surface area contributed by atoms with Crippen molar-refractivity contribution < 1.29 is 4.57 Å². The van der Waals surface area contributed by atoms with Crippen molar-refractivity contribution in [3.63, 3.8) is 0 Å². The fourth-order valence-corrected chi connectivity index (χ4v) is 5.07. The van der Waals surface area contributed by atoms with Crippen molar-refractivity contribution in [1.29, 1.82) is 0 Å². The molecule has 0 radical (unpaired) electrons. The van der Waals surface area contributed by atoms with Crippen LogP contribution in [0.2, 0.25) is 0 Å². The zero-order chi connectivity index (χ0) is 18.8. The van der Waals surface area contributed by atoms with Crippen LogP contribution >= 0.6 is 0 Å². The molecule has 0 unspecified atom stereocenters. The normalized spacial score (nSPS) is 13.1. The summed E-state index contributed by atoms with van der Waals surface area (Å²) < 4.78 is 2.27. The third-order valence-electron chi connectivity index (χ3n) is 6.50. The molecule has 28 heavy (non-hydrogen) atoms. The second-order valence-electron chi connectivity index (χ2n) is 8.19. The summed E-state index contributed by atoms with van der Waals surface area (Å²) in [5.74, 6) is 0. The van der Waals surface area contributed by atoms with Gasteiger partial charge in [-0.05, 0) is 69.8 Å². The first kappa shape index (κ1) is 15.8. The summed E-state index contributed by atoms with van der Waals surface area (Å²) in [7, 11) is 2.16. The van der Waals surface area contributed by atoms with Crippen molar-refractivity contribution in [1.82, 2.24) is 0 Å². The van der Waals surface area contributed by atoms with E-state index in [0.717, 1.165) is 12.8 Å². The van der Waals surface area contributed by atoms with Crippen LogP contribution in [0, 0.1) is 6.92 Å². The van der Waals surface area contributed by atoms with Crippen molar-refractivity contribution in [3.8, 4) is 33.5 Å². The maximum Gasteiger partial charge on any atom is 0.213 e. The maximum atomic E-state index is 2.37. The van der Waals surface area contributed by atoms with Gasteiger partial charge in [-0.25, -0.2) is 4.57 Å². The molecule has 0 amide bonds. The third kappa shape index (κ3) is 2.16. The predicted molar refractivity (Wildman–Crippen MR) is 114 cm³/mol. The Morgan fingerprint density at radius 2 is 1.57 bits per heavy atom. The Morgan fingerprint density at radius 1 is 0.750 bits per heavy atom. The van der Waals surface area contributed by atoms with E-state index in [1.165, 1.54) is 61.3 Å². The molecule has 1 nitrogen and oxygen atoms in total. The Labute approximate surface area is 165 Å². The lowest BCUT2D eigenvalue weighted by molar-refractivity contribution is -0.660. The van der Waals surface area contributed by atoms with Gasteiger partial charge in [0.05, 0.1) is 5.56 Å². The Hall–Kier alpha value is -3.19. The topological polar surface area (TPSA) is 3.88 Å². The summed E-state index contributed by atoms with van der Waals surface area (Å²) in [5.41, 5.74) is 15.3. The lowest BCUT2D eigenvalue weighted by atomic mass is 9.91. The molecule has 0 spiro atoms. The highest BCUT2D eigenvalue weighted by molar-refractivity contribution is 5.86. The molecule has 4 aromatic rings. The quantitative estimate of drug-likeness (QED) is 0.309. The molecular weight excluding hydrogens is 338 g/mol. The highest BCUT2D eigenvalue weighted by atomic mass is 14.9. The van der Waals surface area contributed by atoms with Gasteiger partial charge >= 0.3 is 0 Å². The van der Waals surface area contributed by atoms with Gasteiger partial charge in [-0.3, -0.25) is 0 Å². The van der Waals surface area contributed by atoms with E-state index in [0.29, 0.717) is 0 Å². The van der Waals surface area contributed by atoms with Crippen molar-refractivity contribution >= 4 is 0 Å². The molecule has 2 aliphatic rings. The maximum absolute atomic E-state index is 2.37. The Balaban J connectivity index is 1.77. The van der Waals surface area contributed by atoms with Crippen LogP contribution in [0.25, 0.3) is 33.5 Å². The van der Waals surface area contributed by atoms with Gasteiger partial charge in [0.2, 0.25) is 5.69 Å². The van der Waals surface area contributed by atoms with Crippen LogP contribution in [0.1, 0.15) is 27.8 Å². The molecule has 0 saturated heterocycles. The van der Waals surface area contributed by atoms with Crippen LogP contribution < -0.4 is 4.57 Å².